The lowest BCUT2D eigenvalue weighted by Crippen LogP contribution is -2.58. The Balaban J connectivity index is 1.45. The zero-order chi connectivity index (χ0) is 16.0. The summed E-state index contributed by atoms with van der Waals surface area (Å²) >= 11 is 0. The molecule has 1 heterocycles. The fourth-order valence-electron chi connectivity index (χ4n) is 3.96. The van der Waals surface area contributed by atoms with Crippen molar-refractivity contribution in [2.45, 2.75) is 58.1 Å². The Morgan fingerprint density at radius 1 is 1.32 bits per heavy atom. The maximum Gasteiger partial charge on any atom is 0.317 e. The van der Waals surface area contributed by atoms with Gasteiger partial charge in [0.25, 0.3) is 0 Å². The van der Waals surface area contributed by atoms with Crippen LogP contribution in [0.5, 0.6) is 0 Å². The molecule has 22 heavy (non-hydrogen) atoms. The van der Waals surface area contributed by atoms with Gasteiger partial charge in [0.05, 0.1) is 5.60 Å². The summed E-state index contributed by atoms with van der Waals surface area (Å²) in [7, 11) is 0. The van der Waals surface area contributed by atoms with E-state index >= 15 is 0 Å². The lowest BCUT2D eigenvalue weighted by molar-refractivity contribution is 0.0118. The molecule has 3 aliphatic rings. The molecule has 2 N–H and O–H groups in total. The van der Waals surface area contributed by atoms with Crippen molar-refractivity contribution in [3.05, 3.63) is 0 Å². The fraction of sp³-hybridized carbons (Fsp3) is 0.941. The summed E-state index contributed by atoms with van der Waals surface area (Å²) in [6.45, 7) is 9.74. The molecule has 3 rings (SSSR count). The van der Waals surface area contributed by atoms with Crippen LogP contribution in [-0.4, -0.2) is 65.3 Å². The van der Waals surface area contributed by atoms with Gasteiger partial charge in [-0.05, 0) is 57.8 Å². The second kappa shape index (κ2) is 5.68. The Bertz CT molecular complexity index is 424. The molecular formula is C17H31N3O2. The number of carbonyl (C=O) groups excluding carboxylic acids is 1. The summed E-state index contributed by atoms with van der Waals surface area (Å²) in [6.07, 6.45) is 5.32. The van der Waals surface area contributed by atoms with Gasteiger partial charge in [-0.15, -0.1) is 0 Å². The van der Waals surface area contributed by atoms with Gasteiger partial charge in [0.15, 0.2) is 0 Å². The van der Waals surface area contributed by atoms with Crippen molar-refractivity contribution in [1.82, 2.24) is 15.1 Å². The monoisotopic (exact) mass is 309 g/mol. The molecule has 0 radical (unpaired) electrons. The van der Waals surface area contributed by atoms with Crippen LogP contribution in [0.15, 0.2) is 0 Å². The number of urea groups is 1. The maximum absolute atomic E-state index is 12.5. The SMILES string of the molecule is CC1CN(CC(C)(C)O)CCN1C(=O)NCC1(C2CC2)CC1. The highest BCUT2D eigenvalue weighted by Gasteiger charge is 2.53. The van der Waals surface area contributed by atoms with Crippen molar-refractivity contribution in [3.63, 3.8) is 0 Å². The van der Waals surface area contributed by atoms with Crippen LogP contribution in [0.1, 0.15) is 46.5 Å². The van der Waals surface area contributed by atoms with Crippen LogP contribution in [0.2, 0.25) is 0 Å². The van der Waals surface area contributed by atoms with Crippen molar-refractivity contribution in [3.8, 4) is 0 Å². The van der Waals surface area contributed by atoms with Gasteiger partial charge in [-0.3, -0.25) is 4.90 Å². The molecule has 126 valence electrons. The van der Waals surface area contributed by atoms with Crippen LogP contribution < -0.4 is 5.32 Å². The maximum atomic E-state index is 12.5. The molecule has 5 heteroatoms. The second-order valence-electron chi connectivity index (χ2n) is 8.39. The summed E-state index contributed by atoms with van der Waals surface area (Å²) in [5, 5.41) is 13.1. The minimum Gasteiger partial charge on any atom is -0.389 e. The topological polar surface area (TPSA) is 55.8 Å². The number of nitrogens with zero attached hydrogens (tertiary/aromatic N) is 2. The van der Waals surface area contributed by atoms with E-state index in [2.05, 4.69) is 17.1 Å². The molecular weight excluding hydrogens is 278 g/mol. The first-order valence-corrected chi connectivity index (χ1v) is 8.78. The summed E-state index contributed by atoms with van der Waals surface area (Å²) < 4.78 is 0. The van der Waals surface area contributed by atoms with E-state index in [0.717, 1.165) is 32.1 Å². The summed E-state index contributed by atoms with van der Waals surface area (Å²) in [5.74, 6) is 0.883. The number of piperazine rings is 1. The summed E-state index contributed by atoms with van der Waals surface area (Å²) in [6, 6.07) is 0.300. The van der Waals surface area contributed by atoms with Crippen LogP contribution in [-0.2, 0) is 0 Å². The number of aliphatic hydroxyl groups is 1. The zero-order valence-electron chi connectivity index (χ0n) is 14.3. The van der Waals surface area contributed by atoms with Crippen LogP contribution in [0.4, 0.5) is 4.79 Å². The number of β-amino-alcohol motifs (C(OH)–C–C–N with tert-alkyl or cyclic N) is 1. The lowest BCUT2D eigenvalue weighted by atomic mass is 10.0. The van der Waals surface area contributed by atoms with Crippen LogP contribution >= 0.6 is 0 Å². The highest BCUT2D eigenvalue weighted by Crippen LogP contribution is 2.60. The third-order valence-corrected chi connectivity index (χ3v) is 5.51. The largest absolute Gasteiger partial charge is 0.389 e. The molecule has 1 aliphatic heterocycles. The van der Waals surface area contributed by atoms with Crippen molar-refractivity contribution >= 4 is 6.03 Å². The predicted molar refractivity (Wildman–Crippen MR) is 86.7 cm³/mol. The number of hydrogen-bond acceptors (Lipinski definition) is 3. The molecule has 2 amide bonds. The van der Waals surface area contributed by atoms with Gasteiger partial charge in [0, 0.05) is 38.8 Å². The third kappa shape index (κ3) is 3.74. The first-order chi connectivity index (χ1) is 10.3. The molecule has 2 aliphatic carbocycles. The number of amides is 2. The molecule has 0 aromatic heterocycles. The summed E-state index contributed by atoms with van der Waals surface area (Å²) in [5.41, 5.74) is -0.214. The minimum atomic E-state index is -0.674. The minimum absolute atomic E-state index is 0.0994. The molecule has 1 saturated heterocycles. The highest BCUT2D eigenvalue weighted by molar-refractivity contribution is 5.74. The van der Waals surface area contributed by atoms with Crippen molar-refractivity contribution in [1.29, 1.82) is 0 Å². The van der Waals surface area contributed by atoms with Crippen LogP contribution in [0.3, 0.4) is 0 Å². The highest BCUT2D eigenvalue weighted by atomic mass is 16.3. The smallest absolute Gasteiger partial charge is 0.317 e. The van der Waals surface area contributed by atoms with E-state index in [-0.39, 0.29) is 12.1 Å². The van der Waals surface area contributed by atoms with E-state index in [1.165, 1.54) is 25.7 Å². The summed E-state index contributed by atoms with van der Waals surface area (Å²) in [4.78, 5) is 16.7. The number of nitrogens with one attached hydrogen (secondary N) is 1. The molecule has 0 spiro atoms. The number of rotatable bonds is 5. The molecule has 1 atom stereocenters. The molecule has 3 fully saturated rings. The lowest BCUT2D eigenvalue weighted by Gasteiger charge is -2.41. The Kier molecular flexibility index (Phi) is 4.14. The van der Waals surface area contributed by atoms with Crippen molar-refractivity contribution in [2.75, 3.05) is 32.7 Å². The van der Waals surface area contributed by atoms with Gasteiger partial charge < -0.3 is 15.3 Å². The van der Waals surface area contributed by atoms with E-state index < -0.39 is 5.60 Å². The van der Waals surface area contributed by atoms with E-state index in [9.17, 15) is 9.90 Å². The average Bonchev–Trinajstić information content (AvgIpc) is 3.26. The molecule has 1 unspecified atom stereocenters. The van der Waals surface area contributed by atoms with Gasteiger partial charge >= 0.3 is 6.03 Å². The van der Waals surface area contributed by atoms with Gasteiger partial charge in [-0.25, -0.2) is 4.79 Å². The van der Waals surface area contributed by atoms with E-state index in [1.807, 2.05) is 18.7 Å². The van der Waals surface area contributed by atoms with Crippen LogP contribution in [0, 0.1) is 11.3 Å². The van der Waals surface area contributed by atoms with Crippen molar-refractivity contribution in [2.24, 2.45) is 11.3 Å². The Labute approximate surface area is 134 Å². The molecule has 5 nitrogen and oxygen atoms in total. The van der Waals surface area contributed by atoms with Gasteiger partial charge in [-0.1, -0.05) is 0 Å². The van der Waals surface area contributed by atoms with Crippen LogP contribution in [0.25, 0.3) is 0 Å². The van der Waals surface area contributed by atoms with Gasteiger partial charge in [-0.2, -0.15) is 0 Å². The Morgan fingerprint density at radius 3 is 2.50 bits per heavy atom. The normalized spacial score (nSPS) is 28.5. The van der Waals surface area contributed by atoms with Crippen molar-refractivity contribution < 1.29 is 9.90 Å². The third-order valence-electron chi connectivity index (χ3n) is 5.51. The van der Waals surface area contributed by atoms with E-state index in [4.69, 9.17) is 0 Å². The van der Waals surface area contributed by atoms with E-state index in [1.54, 1.807) is 0 Å². The van der Waals surface area contributed by atoms with E-state index in [0.29, 0.717) is 12.0 Å². The first kappa shape index (κ1) is 16.1. The predicted octanol–water partition coefficient (Wildman–Crippen LogP) is 1.66. The Morgan fingerprint density at radius 2 is 2.00 bits per heavy atom. The average molecular weight is 309 g/mol. The molecule has 0 aromatic rings. The number of hydrogen-bond donors (Lipinski definition) is 2. The Hall–Kier alpha value is -0.810. The molecule has 2 saturated carbocycles. The fourth-order valence-corrected chi connectivity index (χ4v) is 3.96. The second-order valence-corrected chi connectivity index (χ2v) is 8.39. The molecule has 0 aromatic carbocycles. The van der Waals surface area contributed by atoms with Gasteiger partial charge in [0.2, 0.25) is 0 Å². The van der Waals surface area contributed by atoms with Gasteiger partial charge in [0.1, 0.15) is 0 Å². The first-order valence-electron chi connectivity index (χ1n) is 8.78. The zero-order valence-corrected chi connectivity index (χ0v) is 14.3. The molecule has 0 bridgehead atoms. The quantitative estimate of drug-likeness (QED) is 0.812. The standard InChI is InChI=1S/C17H31N3O2/c1-13-10-19(12-16(2,3)22)8-9-20(13)15(21)18-11-17(6-7-17)14-4-5-14/h13-14,22H,4-12H2,1-3H3,(H,18,21). The number of carbonyl (C=O) groups is 1.